The number of ether oxygens (including phenoxy) is 1. The van der Waals surface area contributed by atoms with E-state index in [1.54, 1.807) is 44.3 Å². The van der Waals surface area contributed by atoms with Gasteiger partial charge < -0.3 is 19.9 Å². The standard InChI is InChI=1S/C41H55ClN6O7S2/c1-6-8-9-10-11-12-13-14-15-18-27-55-41(50)31-21-23-33(42)35(29-31)45-40(49)38(39-46-57(53,54)37-20-17-16-19-36(37)47(39)4)44-34-24-22-32(28-30(34)3)48(7-2)26-25-43-56(5,51)52/h16-17,19-24,28-29,43H,6-15,18,25-27H2,1-5H3,(H,45,49). The van der Waals surface area contributed by atoms with Crippen molar-refractivity contribution in [3.63, 3.8) is 0 Å². The largest absolute Gasteiger partial charge is 0.462 e. The fourth-order valence-electron chi connectivity index (χ4n) is 6.38. The molecule has 0 atom stereocenters. The summed E-state index contributed by atoms with van der Waals surface area (Å²) in [5.74, 6) is -1.60. The summed E-state index contributed by atoms with van der Waals surface area (Å²) in [6.45, 7) is 7.42. The van der Waals surface area contributed by atoms with Gasteiger partial charge in [-0.15, -0.1) is 4.40 Å². The molecule has 0 aliphatic carbocycles. The van der Waals surface area contributed by atoms with E-state index < -0.39 is 31.9 Å². The Labute approximate surface area is 343 Å². The van der Waals surface area contributed by atoms with Gasteiger partial charge >= 0.3 is 5.97 Å². The Balaban J connectivity index is 1.56. The zero-order chi connectivity index (χ0) is 41.6. The lowest BCUT2D eigenvalue weighted by Gasteiger charge is -2.27. The molecule has 0 aromatic heterocycles. The second-order valence-electron chi connectivity index (χ2n) is 14.1. The molecular weight excluding hydrogens is 788 g/mol. The summed E-state index contributed by atoms with van der Waals surface area (Å²) < 4.78 is 62.1. The van der Waals surface area contributed by atoms with Crippen LogP contribution in [0.25, 0.3) is 0 Å². The molecule has 0 spiro atoms. The van der Waals surface area contributed by atoms with E-state index in [9.17, 15) is 26.4 Å². The number of nitrogens with one attached hydrogen (secondary N) is 2. The lowest BCUT2D eigenvalue weighted by molar-refractivity contribution is -0.110. The number of para-hydroxylation sites is 1. The fourth-order valence-corrected chi connectivity index (χ4v) is 8.26. The van der Waals surface area contributed by atoms with Crippen LogP contribution in [0.1, 0.15) is 94.0 Å². The van der Waals surface area contributed by atoms with Crippen molar-refractivity contribution in [1.29, 1.82) is 0 Å². The normalized spacial score (nSPS) is 13.8. The number of fused-ring (bicyclic) bond motifs is 1. The maximum Gasteiger partial charge on any atom is 0.338 e. The van der Waals surface area contributed by atoms with Gasteiger partial charge in [-0.1, -0.05) is 88.4 Å². The number of aliphatic imine (C=N–C) groups is 1. The molecule has 1 aliphatic rings. The van der Waals surface area contributed by atoms with E-state index in [1.165, 1.54) is 74.1 Å². The lowest BCUT2D eigenvalue weighted by Crippen LogP contribution is -2.43. The first kappa shape index (κ1) is 45.4. The van der Waals surface area contributed by atoms with Gasteiger partial charge in [0.25, 0.3) is 15.9 Å². The highest BCUT2D eigenvalue weighted by Gasteiger charge is 2.34. The molecule has 2 N–H and O–H groups in total. The number of unbranched alkanes of at least 4 members (excludes halogenated alkanes) is 9. The van der Waals surface area contributed by atoms with Crippen molar-refractivity contribution in [3.8, 4) is 0 Å². The van der Waals surface area contributed by atoms with Crippen LogP contribution in [0, 0.1) is 6.92 Å². The quantitative estimate of drug-likeness (QED) is 0.0578. The highest BCUT2D eigenvalue weighted by Crippen LogP contribution is 2.32. The second kappa shape index (κ2) is 21.4. The Bertz CT molecular complexity index is 2160. The summed E-state index contributed by atoms with van der Waals surface area (Å²) in [5.41, 5.74) is 2.07. The molecule has 13 nitrogen and oxygen atoms in total. The van der Waals surface area contributed by atoms with Gasteiger partial charge in [-0.05, 0) is 74.4 Å². The minimum atomic E-state index is -4.22. The van der Waals surface area contributed by atoms with Crippen molar-refractivity contribution in [1.82, 2.24) is 4.72 Å². The highest BCUT2D eigenvalue weighted by atomic mass is 35.5. The number of amidine groups is 1. The first-order valence-electron chi connectivity index (χ1n) is 19.5. The van der Waals surface area contributed by atoms with E-state index in [0.29, 0.717) is 30.0 Å². The Morgan fingerprint density at radius 2 is 1.60 bits per heavy atom. The van der Waals surface area contributed by atoms with Crippen LogP contribution in [0.5, 0.6) is 0 Å². The second-order valence-corrected chi connectivity index (χ2v) is 17.9. The number of esters is 1. The molecular formula is C41H55ClN6O7S2. The van der Waals surface area contributed by atoms with Gasteiger partial charge in [-0.2, -0.15) is 8.42 Å². The molecule has 0 radical (unpaired) electrons. The van der Waals surface area contributed by atoms with Crippen molar-refractivity contribution < 1.29 is 31.2 Å². The Morgan fingerprint density at radius 3 is 2.25 bits per heavy atom. The fraction of sp³-hybridized carbons (Fsp3) is 0.463. The topological polar surface area (TPSA) is 167 Å². The first-order valence-corrected chi connectivity index (χ1v) is 23.2. The molecule has 1 heterocycles. The third-order valence-corrected chi connectivity index (χ3v) is 11.9. The summed E-state index contributed by atoms with van der Waals surface area (Å²) in [6, 6.07) is 16.0. The van der Waals surface area contributed by atoms with Gasteiger partial charge in [0.2, 0.25) is 10.0 Å². The number of hydrogen-bond acceptors (Lipinski definition) is 10. The predicted molar refractivity (Wildman–Crippen MR) is 231 cm³/mol. The van der Waals surface area contributed by atoms with Gasteiger partial charge in [0.05, 0.1) is 40.5 Å². The number of rotatable bonds is 22. The number of carbonyl (C=O) groups excluding carboxylic acids is 2. The van der Waals surface area contributed by atoms with Gasteiger partial charge in [0, 0.05) is 32.4 Å². The molecule has 310 valence electrons. The van der Waals surface area contributed by atoms with Crippen molar-refractivity contribution in [2.45, 2.75) is 89.9 Å². The van der Waals surface area contributed by atoms with E-state index >= 15 is 0 Å². The molecule has 0 saturated heterocycles. The summed E-state index contributed by atoms with van der Waals surface area (Å²) in [4.78, 5) is 35.4. The summed E-state index contributed by atoms with van der Waals surface area (Å²) in [5, 5.41) is 2.86. The van der Waals surface area contributed by atoms with Crippen LogP contribution >= 0.6 is 11.6 Å². The lowest BCUT2D eigenvalue weighted by atomic mass is 10.1. The summed E-state index contributed by atoms with van der Waals surface area (Å²) in [7, 11) is -5.99. The van der Waals surface area contributed by atoms with E-state index in [4.69, 9.17) is 21.3 Å². The number of nitrogens with zero attached hydrogens (tertiary/aromatic N) is 4. The molecule has 1 aliphatic heterocycles. The predicted octanol–water partition coefficient (Wildman–Crippen LogP) is 8.05. The number of likely N-dealkylation sites (N-methyl/N-ethyl adjacent to an activating group) is 1. The van der Waals surface area contributed by atoms with Crippen molar-refractivity contribution >= 4 is 77.8 Å². The number of carbonyl (C=O) groups is 2. The van der Waals surface area contributed by atoms with E-state index in [-0.39, 0.29) is 45.9 Å². The Morgan fingerprint density at radius 1 is 0.930 bits per heavy atom. The molecule has 0 fully saturated rings. The number of sulfonamides is 2. The first-order chi connectivity index (χ1) is 27.1. The maximum absolute atomic E-state index is 14.3. The molecule has 4 rings (SSSR count). The van der Waals surface area contributed by atoms with Gasteiger partial charge in [-0.25, -0.2) is 22.9 Å². The molecule has 0 unspecified atom stereocenters. The zero-order valence-electron chi connectivity index (χ0n) is 33.5. The van der Waals surface area contributed by atoms with Crippen molar-refractivity contribution in [2.24, 2.45) is 9.39 Å². The van der Waals surface area contributed by atoms with Crippen LogP contribution in [-0.2, 0) is 29.6 Å². The van der Waals surface area contributed by atoms with Gasteiger partial charge in [0.15, 0.2) is 11.5 Å². The van der Waals surface area contributed by atoms with Crippen LogP contribution in [0.15, 0.2) is 74.9 Å². The van der Waals surface area contributed by atoms with Gasteiger partial charge in [0.1, 0.15) is 4.90 Å². The van der Waals surface area contributed by atoms with Crippen LogP contribution in [0.4, 0.5) is 22.7 Å². The third-order valence-electron chi connectivity index (χ3n) is 9.54. The molecule has 3 aromatic carbocycles. The Kier molecular flexibility index (Phi) is 17.1. The van der Waals surface area contributed by atoms with Crippen LogP contribution in [-0.4, -0.2) is 79.8 Å². The molecule has 57 heavy (non-hydrogen) atoms. The minimum absolute atomic E-state index is 0.0198. The van der Waals surface area contributed by atoms with Gasteiger partial charge in [-0.3, -0.25) is 4.79 Å². The highest BCUT2D eigenvalue weighted by molar-refractivity contribution is 7.90. The SMILES string of the molecule is CCCCCCCCCCCCOC(=O)c1ccc(Cl)c(NC(=O)C(=Nc2ccc(N(CC)CCNS(C)(=O)=O)cc2C)C2=NS(=O)(=O)c3ccccc3N2C)c1. The average molecular weight is 844 g/mol. The molecule has 0 saturated carbocycles. The summed E-state index contributed by atoms with van der Waals surface area (Å²) >= 11 is 6.52. The van der Waals surface area contributed by atoms with Crippen molar-refractivity contribution in [2.75, 3.05) is 54.7 Å². The minimum Gasteiger partial charge on any atom is -0.462 e. The molecule has 3 aromatic rings. The van der Waals surface area contributed by atoms with Crippen molar-refractivity contribution in [3.05, 3.63) is 76.8 Å². The van der Waals surface area contributed by atoms with E-state index in [2.05, 4.69) is 21.4 Å². The number of anilines is 3. The number of halogens is 1. The monoisotopic (exact) mass is 842 g/mol. The van der Waals surface area contributed by atoms with E-state index in [0.717, 1.165) is 31.2 Å². The van der Waals surface area contributed by atoms with Crippen LogP contribution in [0.2, 0.25) is 5.02 Å². The summed E-state index contributed by atoms with van der Waals surface area (Å²) in [6.07, 6.45) is 12.7. The van der Waals surface area contributed by atoms with Crippen LogP contribution < -0.4 is 19.8 Å². The molecule has 0 bridgehead atoms. The number of amides is 1. The molecule has 16 heteroatoms. The number of hydrogen-bond donors (Lipinski definition) is 2. The third kappa shape index (κ3) is 13.4. The zero-order valence-corrected chi connectivity index (χ0v) is 35.9. The van der Waals surface area contributed by atoms with E-state index in [1.807, 2.05) is 17.9 Å². The van der Waals surface area contributed by atoms with Crippen LogP contribution in [0.3, 0.4) is 0 Å². The number of benzene rings is 3. The number of aryl methyl sites for hydroxylation is 1. The Hall–Kier alpha value is -4.31. The molecule has 1 amide bonds. The average Bonchev–Trinajstić information content (AvgIpc) is 3.17. The maximum atomic E-state index is 14.3. The smallest absolute Gasteiger partial charge is 0.338 e.